The minimum absolute atomic E-state index is 0.360. The molecule has 0 saturated carbocycles. The highest BCUT2D eigenvalue weighted by atomic mass is 35.5. The molecule has 0 amide bonds. The Morgan fingerprint density at radius 1 is 1.05 bits per heavy atom. The Morgan fingerprint density at radius 2 is 1.73 bits per heavy atom. The topological polar surface area (TPSA) is 21.3 Å². The first-order valence-corrected chi connectivity index (χ1v) is 8.24. The number of ether oxygens (including phenoxy) is 1. The minimum Gasteiger partial charge on any atom is -0.488 e. The molecule has 0 radical (unpaired) electrons. The SMILES string of the molecule is CC[C@@H](C)NCc1ccccc1OCc1c(Cl)cccc1Cl. The molecule has 118 valence electrons. The Hall–Kier alpha value is -1.22. The summed E-state index contributed by atoms with van der Waals surface area (Å²) < 4.78 is 5.94. The Labute approximate surface area is 142 Å². The third-order valence-corrected chi connectivity index (χ3v) is 4.37. The van der Waals surface area contributed by atoms with Crippen molar-refractivity contribution in [1.82, 2.24) is 5.32 Å². The molecular formula is C18H21Cl2NO. The molecule has 0 saturated heterocycles. The Balaban J connectivity index is 2.07. The lowest BCUT2D eigenvalue weighted by Gasteiger charge is -2.15. The third-order valence-electron chi connectivity index (χ3n) is 3.66. The maximum absolute atomic E-state index is 6.18. The van der Waals surface area contributed by atoms with Crippen LogP contribution in [0.4, 0.5) is 0 Å². The van der Waals surface area contributed by atoms with Crippen molar-refractivity contribution in [2.75, 3.05) is 0 Å². The van der Waals surface area contributed by atoms with Gasteiger partial charge in [-0.3, -0.25) is 0 Å². The Bertz CT molecular complexity index is 596. The zero-order chi connectivity index (χ0) is 15.9. The molecule has 2 aromatic rings. The van der Waals surface area contributed by atoms with Gasteiger partial charge in [-0.25, -0.2) is 0 Å². The molecule has 2 rings (SSSR count). The second-order valence-electron chi connectivity index (χ2n) is 5.29. The lowest BCUT2D eigenvalue weighted by atomic mass is 10.1. The largest absolute Gasteiger partial charge is 0.488 e. The van der Waals surface area contributed by atoms with Gasteiger partial charge in [-0.1, -0.05) is 54.4 Å². The van der Waals surface area contributed by atoms with Gasteiger partial charge in [0.2, 0.25) is 0 Å². The summed E-state index contributed by atoms with van der Waals surface area (Å²) in [6.07, 6.45) is 1.10. The molecule has 0 unspecified atom stereocenters. The number of benzene rings is 2. The normalized spacial score (nSPS) is 12.2. The molecule has 0 aromatic heterocycles. The molecule has 0 spiro atoms. The summed E-state index contributed by atoms with van der Waals surface area (Å²) in [7, 11) is 0. The van der Waals surface area contributed by atoms with Crippen LogP contribution < -0.4 is 10.1 Å². The average molecular weight is 338 g/mol. The van der Waals surface area contributed by atoms with E-state index in [-0.39, 0.29) is 0 Å². The fourth-order valence-electron chi connectivity index (χ4n) is 2.04. The van der Waals surface area contributed by atoms with E-state index in [1.165, 1.54) is 0 Å². The molecule has 4 heteroatoms. The maximum Gasteiger partial charge on any atom is 0.124 e. The van der Waals surface area contributed by atoms with Crippen molar-refractivity contribution < 1.29 is 4.74 Å². The van der Waals surface area contributed by atoms with Crippen LogP contribution in [0, 0.1) is 0 Å². The quantitative estimate of drug-likeness (QED) is 0.724. The van der Waals surface area contributed by atoms with Crippen LogP contribution in [0.25, 0.3) is 0 Å². The second kappa shape index (κ2) is 8.42. The number of hydrogen-bond donors (Lipinski definition) is 1. The molecular weight excluding hydrogens is 317 g/mol. The van der Waals surface area contributed by atoms with Crippen LogP contribution in [0.1, 0.15) is 31.4 Å². The number of para-hydroxylation sites is 1. The summed E-state index contributed by atoms with van der Waals surface area (Å²) in [6, 6.07) is 14.0. The lowest BCUT2D eigenvalue weighted by molar-refractivity contribution is 0.301. The number of rotatable bonds is 7. The van der Waals surface area contributed by atoms with Crippen LogP contribution in [-0.2, 0) is 13.2 Å². The van der Waals surface area contributed by atoms with Crippen molar-refractivity contribution in [2.24, 2.45) is 0 Å². The van der Waals surface area contributed by atoms with Crippen molar-refractivity contribution in [3.05, 3.63) is 63.6 Å². The molecule has 22 heavy (non-hydrogen) atoms. The van der Waals surface area contributed by atoms with Gasteiger partial charge in [-0.2, -0.15) is 0 Å². The third kappa shape index (κ3) is 4.64. The van der Waals surface area contributed by atoms with Gasteiger partial charge >= 0.3 is 0 Å². The minimum atomic E-state index is 0.360. The van der Waals surface area contributed by atoms with Gasteiger partial charge in [0.1, 0.15) is 12.4 Å². The van der Waals surface area contributed by atoms with E-state index in [1.807, 2.05) is 36.4 Å². The van der Waals surface area contributed by atoms with Crippen LogP contribution in [0.2, 0.25) is 10.0 Å². The summed E-state index contributed by atoms with van der Waals surface area (Å²) in [4.78, 5) is 0. The number of nitrogens with one attached hydrogen (secondary N) is 1. The van der Waals surface area contributed by atoms with E-state index in [0.717, 1.165) is 29.8 Å². The van der Waals surface area contributed by atoms with Gasteiger partial charge in [0.15, 0.2) is 0 Å². The van der Waals surface area contributed by atoms with Gasteiger partial charge in [-0.05, 0) is 31.5 Å². The molecule has 2 aromatic carbocycles. The first kappa shape index (κ1) is 17.1. The van der Waals surface area contributed by atoms with Gasteiger partial charge in [-0.15, -0.1) is 0 Å². The van der Waals surface area contributed by atoms with E-state index in [1.54, 1.807) is 0 Å². The second-order valence-corrected chi connectivity index (χ2v) is 6.10. The molecule has 0 fully saturated rings. The van der Waals surface area contributed by atoms with E-state index in [4.69, 9.17) is 27.9 Å². The van der Waals surface area contributed by atoms with Crippen LogP contribution in [0.15, 0.2) is 42.5 Å². The van der Waals surface area contributed by atoms with Gasteiger partial charge in [0, 0.05) is 33.8 Å². The molecule has 1 N–H and O–H groups in total. The zero-order valence-corrected chi connectivity index (χ0v) is 14.4. The smallest absolute Gasteiger partial charge is 0.124 e. The van der Waals surface area contributed by atoms with E-state index < -0.39 is 0 Å². The highest BCUT2D eigenvalue weighted by Gasteiger charge is 2.09. The van der Waals surface area contributed by atoms with Crippen LogP contribution in [0.3, 0.4) is 0 Å². The van der Waals surface area contributed by atoms with Crippen molar-refractivity contribution in [3.63, 3.8) is 0 Å². The summed E-state index contributed by atoms with van der Waals surface area (Å²) in [5.74, 6) is 0.856. The van der Waals surface area contributed by atoms with Gasteiger partial charge in [0.25, 0.3) is 0 Å². The first-order valence-electron chi connectivity index (χ1n) is 7.48. The van der Waals surface area contributed by atoms with E-state index in [0.29, 0.717) is 22.7 Å². The van der Waals surface area contributed by atoms with Crippen molar-refractivity contribution in [3.8, 4) is 5.75 Å². The van der Waals surface area contributed by atoms with Crippen LogP contribution in [-0.4, -0.2) is 6.04 Å². The van der Waals surface area contributed by atoms with Crippen molar-refractivity contribution in [2.45, 2.75) is 39.5 Å². The molecule has 0 aliphatic heterocycles. The van der Waals surface area contributed by atoms with Crippen molar-refractivity contribution >= 4 is 23.2 Å². The standard InChI is InChI=1S/C18H21Cl2NO/c1-3-13(2)21-11-14-7-4-5-10-18(14)22-12-15-16(19)8-6-9-17(15)20/h4-10,13,21H,3,11-12H2,1-2H3/t13-/m1/s1. The predicted molar refractivity (Wildman–Crippen MR) is 93.8 cm³/mol. The lowest BCUT2D eigenvalue weighted by Crippen LogP contribution is -2.24. The van der Waals surface area contributed by atoms with Crippen LogP contribution >= 0.6 is 23.2 Å². The number of hydrogen-bond acceptors (Lipinski definition) is 2. The fraction of sp³-hybridized carbons (Fsp3) is 0.333. The van der Waals surface area contributed by atoms with Gasteiger partial charge < -0.3 is 10.1 Å². The molecule has 0 heterocycles. The zero-order valence-electron chi connectivity index (χ0n) is 12.9. The van der Waals surface area contributed by atoms with E-state index in [9.17, 15) is 0 Å². The summed E-state index contributed by atoms with van der Waals surface area (Å²) in [6.45, 7) is 5.48. The monoisotopic (exact) mass is 337 g/mol. The van der Waals surface area contributed by atoms with Crippen LogP contribution in [0.5, 0.6) is 5.75 Å². The molecule has 0 aliphatic carbocycles. The molecule has 1 atom stereocenters. The number of halogens is 2. The van der Waals surface area contributed by atoms with Crippen molar-refractivity contribution in [1.29, 1.82) is 0 Å². The van der Waals surface area contributed by atoms with E-state index in [2.05, 4.69) is 25.2 Å². The summed E-state index contributed by atoms with van der Waals surface area (Å²) in [5.41, 5.74) is 1.95. The molecule has 2 nitrogen and oxygen atoms in total. The summed E-state index contributed by atoms with van der Waals surface area (Å²) >= 11 is 12.4. The maximum atomic E-state index is 6.18. The fourth-order valence-corrected chi connectivity index (χ4v) is 2.55. The Morgan fingerprint density at radius 3 is 2.41 bits per heavy atom. The summed E-state index contributed by atoms with van der Waals surface area (Å²) in [5, 5.41) is 4.73. The molecule has 0 aliphatic rings. The Kier molecular flexibility index (Phi) is 6.56. The highest BCUT2D eigenvalue weighted by Crippen LogP contribution is 2.27. The average Bonchev–Trinajstić information content (AvgIpc) is 2.53. The molecule has 0 bridgehead atoms. The highest BCUT2D eigenvalue weighted by molar-refractivity contribution is 6.35. The van der Waals surface area contributed by atoms with E-state index >= 15 is 0 Å². The predicted octanol–water partition coefficient (Wildman–Crippen LogP) is 5.46. The van der Waals surface area contributed by atoms with Gasteiger partial charge in [0.05, 0.1) is 0 Å². The first-order chi connectivity index (χ1) is 10.6.